The summed E-state index contributed by atoms with van der Waals surface area (Å²) in [6, 6.07) is 13.6. The molecule has 28 heavy (non-hydrogen) atoms. The summed E-state index contributed by atoms with van der Waals surface area (Å²) in [5.41, 5.74) is 7.31. The van der Waals surface area contributed by atoms with Gasteiger partial charge in [0.25, 0.3) is 0 Å². The van der Waals surface area contributed by atoms with Crippen molar-refractivity contribution < 1.29 is 9.59 Å². The van der Waals surface area contributed by atoms with Crippen LogP contribution in [0.3, 0.4) is 0 Å². The lowest BCUT2D eigenvalue weighted by atomic mass is 10.1. The van der Waals surface area contributed by atoms with Gasteiger partial charge in [-0.2, -0.15) is 5.10 Å². The zero-order valence-corrected chi connectivity index (χ0v) is 17.0. The van der Waals surface area contributed by atoms with Crippen molar-refractivity contribution >= 4 is 29.4 Å². The Bertz CT molecular complexity index is 840. The van der Waals surface area contributed by atoms with Crippen LogP contribution in [0.5, 0.6) is 0 Å². The predicted octanol–water partition coefficient (Wildman–Crippen LogP) is 3.63. The molecule has 2 amide bonds. The molecule has 0 aliphatic rings. The van der Waals surface area contributed by atoms with E-state index < -0.39 is 5.91 Å². The summed E-state index contributed by atoms with van der Waals surface area (Å²) in [6.45, 7) is 10.1. The molecule has 0 atom stereocenters. The van der Waals surface area contributed by atoms with Gasteiger partial charge in [0.2, 0.25) is 11.8 Å². The fourth-order valence-corrected chi connectivity index (χ4v) is 2.75. The molecule has 6 nitrogen and oxygen atoms in total. The van der Waals surface area contributed by atoms with E-state index in [0.29, 0.717) is 5.69 Å². The quantitative estimate of drug-likeness (QED) is 0.417. The molecule has 148 valence electrons. The van der Waals surface area contributed by atoms with E-state index in [-0.39, 0.29) is 12.3 Å². The lowest BCUT2D eigenvalue weighted by Crippen LogP contribution is -2.24. The molecule has 2 N–H and O–H groups in total. The highest BCUT2D eigenvalue weighted by Gasteiger charge is 2.09. The number of hydrogen-bond donors (Lipinski definition) is 2. The van der Waals surface area contributed by atoms with Gasteiger partial charge in [-0.1, -0.05) is 18.2 Å². The van der Waals surface area contributed by atoms with Crippen LogP contribution in [0.1, 0.15) is 37.0 Å². The molecule has 2 aromatic rings. The minimum atomic E-state index is -0.461. The third-order valence-electron chi connectivity index (χ3n) is 4.54. The molecule has 6 heteroatoms. The minimum Gasteiger partial charge on any atom is -0.372 e. The van der Waals surface area contributed by atoms with Gasteiger partial charge in [0.1, 0.15) is 6.42 Å². The maximum atomic E-state index is 12.0. The van der Waals surface area contributed by atoms with Crippen molar-refractivity contribution in [1.29, 1.82) is 0 Å². The smallest absolute Gasteiger partial charge is 0.249 e. The third kappa shape index (κ3) is 6.23. The van der Waals surface area contributed by atoms with Crippen molar-refractivity contribution in [3.05, 3.63) is 59.2 Å². The Balaban J connectivity index is 1.82. The van der Waals surface area contributed by atoms with Gasteiger partial charge in [0, 0.05) is 24.5 Å². The number of amides is 2. The molecule has 0 aromatic heterocycles. The molecular weight excluding hydrogens is 352 g/mol. The third-order valence-corrected chi connectivity index (χ3v) is 4.54. The number of rotatable bonds is 8. The maximum absolute atomic E-state index is 12.0. The van der Waals surface area contributed by atoms with E-state index in [1.165, 1.54) is 0 Å². The van der Waals surface area contributed by atoms with Crippen molar-refractivity contribution in [3.63, 3.8) is 0 Å². The second kappa shape index (κ2) is 10.3. The molecule has 0 bridgehead atoms. The second-order valence-electron chi connectivity index (χ2n) is 6.58. The first kappa shape index (κ1) is 21.2. The van der Waals surface area contributed by atoms with Crippen LogP contribution >= 0.6 is 0 Å². The maximum Gasteiger partial charge on any atom is 0.249 e. The molecule has 0 saturated carbocycles. The fraction of sp³-hybridized carbons (Fsp3) is 0.318. The monoisotopic (exact) mass is 380 g/mol. The zero-order valence-electron chi connectivity index (χ0n) is 17.0. The van der Waals surface area contributed by atoms with Crippen LogP contribution < -0.4 is 15.6 Å². The molecule has 0 heterocycles. The molecule has 2 aromatic carbocycles. The Labute approximate surface area is 166 Å². The first-order chi connectivity index (χ1) is 13.4. The number of benzene rings is 2. The molecule has 0 aliphatic carbocycles. The Morgan fingerprint density at radius 3 is 2.25 bits per heavy atom. The van der Waals surface area contributed by atoms with Gasteiger partial charge in [-0.25, -0.2) is 5.43 Å². The predicted molar refractivity (Wildman–Crippen MR) is 115 cm³/mol. The van der Waals surface area contributed by atoms with Gasteiger partial charge < -0.3 is 10.2 Å². The van der Waals surface area contributed by atoms with Crippen molar-refractivity contribution in [2.45, 2.75) is 34.1 Å². The Morgan fingerprint density at radius 1 is 0.964 bits per heavy atom. The summed E-state index contributed by atoms with van der Waals surface area (Å²) >= 11 is 0. The van der Waals surface area contributed by atoms with Crippen LogP contribution in [0.15, 0.2) is 47.6 Å². The average Bonchev–Trinajstić information content (AvgIpc) is 2.67. The average molecular weight is 380 g/mol. The fourth-order valence-electron chi connectivity index (χ4n) is 2.75. The van der Waals surface area contributed by atoms with Crippen LogP contribution in [-0.4, -0.2) is 31.1 Å². The molecule has 2 rings (SSSR count). The topological polar surface area (TPSA) is 73.8 Å². The lowest BCUT2D eigenvalue weighted by Gasteiger charge is -2.20. The minimum absolute atomic E-state index is 0.287. The van der Waals surface area contributed by atoms with E-state index >= 15 is 0 Å². The summed E-state index contributed by atoms with van der Waals surface area (Å²) in [5.74, 6) is -0.836. The molecular formula is C22H28N4O2. The Kier molecular flexibility index (Phi) is 7.75. The van der Waals surface area contributed by atoms with Gasteiger partial charge in [0.15, 0.2) is 0 Å². The largest absolute Gasteiger partial charge is 0.372 e. The SMILES string of the molecule is CCN(CC)c1ccc(C=NNC(=O)CC(=O)Nc2ccc(C)c(C)c2)cc1. The van der Waals surface area contributed by atoms with Gasteiger partial charge in [-0.05, 0) is 68.7 Å². The standard InChI is InChI=1S/C22H28N4O2/c1-5-26(6-2)20-11-8-18(9-12-20)15-23-25-22(28)14-21(27)24-19-10-7-16(3)17(4)13-19/h7-13,15H,5-6,14H2,1-4H3,(H,24,27)(H,25,28). The van der Waals surface area contributed by atoms with Crippen LogP contribution in [0.25, 0.3) is 0 Å². The first-order valence-corrected chi connectivity index (χ1v) is 9.47. The van der Waals surface area contributed by atoms with Gasteiger partial charge in [0.05, 0.1) is 6.21 Å². The summed E-state index contributed by atoms with van der Waals surface area (Å²) in [6.07, 6.45) is 1.27. The lowest BCUT2D eigenvalue weighted by molar-refractivity contribution is -0.126. The summed E-state index contributed by atoms with van der Waals surface area (Å²) < 4.78 is 0. The van der Waals surface area contributed by atoms with E-state index in [1.54, 1.807) is 6.21 Å². The molecule has 0 fully saturated rings. The number of hydrazone groups is 1. The van der Waals surface area contributed by atoms with Crippen LogP contribution in [0.2, 0.25) is 0 Å². The number of nitrogens with zero attached hydrogens (tertiary/aromatic N) is 2. The summed E-state index contributed by atoms with van der Waals surface area (Å²) in [7, 11) is 0. The van der Waals surface area contributed by atoms with Crippen LogP contribution in [0, 0.1) is 13.8 Å². The van der Waals surface area contributed by atoms with E-state index in [1.807, 2.05) is 56.3 Å². The molecule has 0 unspecified atom stereocenters. The van der Waals surface area contributed by atoms with Crippen molar-refractivity contribution in [3.8, 4) is 0 Å². The van der Waals surface area contributed by atoms with Crippen molar-refractivity contribution in [2.75, 3.05) is 23.3 Å². The Hall–Kier alpha value is -3.15. The highest BCUT2D eigenvalue weighted by atomic mass is 16.2. The highest BCUT2D eigenvalue weighted by molar-refractivity contribution is 6.03. The van der Waals surface area contributed by atoms with E-state index in [0.717, 1.165) is 35.5 Å². The van der Waals surface area contributed by atoms with E-state index in [4.69, 9.17) is 0 Å². The Morgan fingerprint density at radius 2 is 1.64 bits per heavy atom. The van der Waals surface area contributed by atoms with Gasteiger partial charge in [-0.15, -0.1) is 0 Å². The number of hydrogen-bond acceptors (Lipinski definition) is 4. The molecule has 0 saturated heterocycles. The summed E-state index contributed by atoms with van der Waals surface area (Å²) in [5, 5.41) is 6.64. The number of aryl methyl sites for hydroxylation is 2. The highest BCUT2D eigenvalue weighted by Crippen LogP contribution is 2.15. The number of nitrogens with one attached hydrogen (secondary N) is 2. The van der Waals surface area contributed by atoms with Crippen LogP contribution in [0.4, 0.5) is 11.4 Å². The van der Waals surface area contributed by atoms with Gasteiger partial charge in [-0.3, -0.25) is 9.59 Å². The number of anilines is 2. The first-order valence-electron chi connectivity index (χ1n) is 9.47. The normalized spacial score (nSPS) is 10.7. The van der Waals surface area contributed by atoms with Crippen molar-refractivity contribution in [2.24, 2.45) is 5.10 Å². The molecule has 0 radical (unpaired) electrons. The second-order valence-corrected chi connectivity index (χ2v) is 6.58. The van der Waals surface area contributed by atoms with E-state index in [9.17, 15) is 9.59 Å². The van der Waals surface area contributed by atoms with Gasteiger partial charge >= 0.3 is 0 Å². The molecule has 0 aliphatic heterocycles. The van der Waals surface area contributed by atoms with Crippen molar-refractivity contribution in [1.82, 2.24) is 5.43 Å². The van der Waals surface area contributed by atoms with E-state index in [2.05, 4.69) is 34.6 Å². The summed E-state index contributed by atoms with van der Waals surface area (Å²) in [4.78, 5) is 26.1. The zero-order chi connectivity index (χ0) is 20.5. The van der Waals surface area contributed by atoms with Crippen LogP contribution in [-0.2, 0) is 9.59 Å². The number of carbonyl (C=O) groups is 2. The molecule has 0 spiro atoms. The number of carbonyl (C=O) groups excluding carboxylic acids is 2.